The van der Waals surface area contributed by atoms with Crippen LogP contribution in [0.15, 0.2) is 51.6 Å². The van der Waals surface area contributed by atoms with Gasteiger partial charge in [0.2, 0.25) is 5.95 Å². The van der Waals surface area contributed by atoms with Gasteiger partial charge in [0, 0.05) is 37.8 Å². The molecule has 0 bridgehead atoms. The fourth-order valence-electron chi connectivity index (χ4n) is 5.14. The van der Waals surface area contributed by atoms with Crippen LogP contribution in [0.3, 0.4) is 0 Å². The molecule has 0 aliphatic carbocycles. The van der Waals surface area contributed by atoms with E-state index in [1.807, 2.05) is 24.5 Å². The molecule has 1 aromatic carbocycles. The number of nitrogens with zero attached hydrogens (tertiary/aromatic N) is 5. The highest BCUT2D eigenvalue weighted by Crippen LogP contribution is 2.31. The number of aromatic nitrogens is 4. The predicted molar refractivity (Wildman–Crippen MR) is 132 cm³/mol. The predicted octanol–water partition coefficient (Wildman–Crippen LogP) is 1.69. The molecule has 2 unspecified atom stereocenters. The monoisotopic (exact) mass is 462 g/mol. The molecule has 9 nitrogen and oxygen atoms in total. The van der Waals surface area contributed by atoms with Crippen LogP contribution in [0.5, 0.6) is 0 Å². The third kappa shape index (κ3) is 3.69. The summed E-state index contributed by atoms with van der Waals surface area (Å²) >= 11 is 0. The summed E-state index contributed by atoms with van der Waals surface area (Å²) in [5.74, 6) is 0.428. The van der Waals surface area contributed by atoms with Crippen molar-refractivity contribution in [3.05, 3.63) is 68.4 Å². The molecule has 5 rings (SSSR count). The molecule has 2 aliphatic heterocycles. The van der Waals surface area contributed by atoms with Gasteiger partial charge in [0.1, 0.15) is 0 Å². The van der Waals surface area contributed by atoms with Crippen LogP contribution in [-0.4, -0.2) is 49.6 Å². The number of allylic oxidation sites excluding steroid dienone is 2. The SMILES string of the molecule is CC(C)=CCn1c(N2CCC3NCCC32)nc2c1c(=O)n(CC(=O)c1ccccc1)c(=O)n2C. The first-order valence-electron chi connectivity index (χ1n) is 11.8. The lowest BCUT2D eigenvalue weighted by Crippen LogP contribution is -2.41. The van der Waals surface area contributed by atoms with Gasteiger partial charge >= 0.3 is 5.69 Å². The minimum absolute atomic E-state index is 0.283. The van der Waals surface area contributed by atoms with Gasteiger partial charge in [0.05, 0.1) is 6.54 Å². The van der Waals surface area contributed by atoms with Crippen molar-refractivity contribution in [2.75, 3.05) is 18.0 Å². The van der Waals surface area contributed by atoms with Crippen LogP contribution in [0, 0.1) is 0 Å². The maximum absolute atomic E-state index is 13.7. The van der Waals surface area contributed by atoms with Crippen molar-refractivity contribution in [1.29, 1.82) is 0 Å². The van der Waals surface area contributed by atoms with E-state index >= 15 is 0 Å². The van der Waals surface area contributed by atoms with E-state index in [4.69, 9.17) is 4.98 Å². The molecular formula is C25H30N6O3. The zero-order valence-corrected chi connectivity index (χ0v) is 19.8. The second-order valence-electron chi connectivity index (χ2n) is 9.40. The van der Waals surface area contributed by atoms with E-state index < -0.39 is 11.2 Å². The third-order valence-corrected chi connectivity index (χ3v) is 6.94. The van der Waals surface area contributed by atoms with Crippen molar-refractivity contribution in [2.24, 2.45) is 7.05 Å². The summed E-state index contributed by atoms with van der Waals surface area (Å²) in [6.45, 7) is 5.99. The van der Waals surface area contributed by atoms with E-state index in [1.165, 1.54) is 4.57 Å². The number of hydrogen-bond donors (Lipinski definition) is 1. The normalized spacial score (nSPS) is 19.6. The molecule has 178 valence electrons. The fraction of sp³-hybridized carbons (Fsp3) is 0.440. The molecule has 2 saturated heterocycles. The first kappa shape index (κ1) is 22.3. The first-order chi connectivity index (χ1) is 16.4. The van der Waals surface area contributed by atoms with Gasteiger partial charge in [-0.05, 0) is 33.2 Å². The molecule has 4 heterocycles. The molecule has 0 spiro atoms. The van der Waals surface area contributed by atoms with E-state index in [9.17, 15) is 14.4 Å². The summed E-state index contributed by atoms with van der Waals surface area (Å²) in [6, 6.07) is 9.46. The average molecular weight is 463 g/mol. The quantitative estimate of drug-likeness (QED) is 0.443. The number of carbonyl (C=O) groups excluding carboxylic acids is 1. The van der Waals surface area contributed by atoms with Gasteiger partial charge in [0.25, 0.3) is 5.56 Å². The summed E-state index contributed by atoms with van der Waals surface area (Å²) < 4.78 is 4.33. The molecule has 0 amide bonds. The lowest BCUT2D eigenvalue weighted by atomic mass is 10.1. The van der Waals surface area contributed by atoms with E-state index in [0.29, 0.717) is 41.3 Å². The van der Waals surface area contributed by atoms with Crippen LogP contribution in [-0.2, 0) is 20.1 Å². The highest BCUT2D eigenvalue weighted by Gasteiger charge is 2.40. The van der Waals surface area contributed by atoms with Gasteiger partial charge in [-0.3, -0.25) is 18.7 Å². The topological polar surface area (TPSA) is 94.2 Å². The van der Waals surface area contributed by atoms with Crippen LogP contribution in [0.25, 0.3) is 11.2 Å². The summed E-state index contributed by atoms with van der Waals surface area (Å²) in [6.07, 6.45) is 4.09. The van der Waals surface area contributed by atoms with Crippen molar-refractivity contribution in [3.63, 3.8) is 0 Å². The largest absolute Gasteiger partial charge is 0.338 e. The third-order valence-electron chi connectivity index (χ3n) is 6.94. The Morgan fingerprint density at radius 1 is 1.15 bits per heavy atom. The number of fused-ring (bicyclic) bond motifs is 2. The Labute approximate surface area is 197 Å². The molecule has 2 aromatic heterocycles. The summed E-state index contributed by atoms with van der Waals surface area (Å²) in [7, 11) is 1.61. The number of benzene rings is 1. The van der Waals surface area contributed by atoms with Crippen LogP contribution >= 0.6 is 0 Å². The van der Waals surface area contributed by atoms with Gasteiger partial charge in [-0.1, -0.05) is 42.0 Å². The summed E-state index contributed by atoms with van der Waals surface area (Å²) in [5.41, 5.74) is 1.27. The zero-order chi connectivity index (χ0) is 24.0. The van der Waals surface area contributed by atoms with Gasteiger partial charge in [-0.25, -0.2) is 4.79 Å². The number of Topliss-reactive ketones (excluding diaryl/α,β-unsaturated/α-hetero) is 1. The number of carbonyl (C=O) groups is 1. The standard InChI is InChI=1S/C25H30N6O3/c1-16(2)10-13-30-21-22(27-24(30)29-14-11-18-19(29)9-12-26-18)28(3)25(34)31(23(21)33)15-20(32)17-7-5-4-6-8-17/h4-8,10,18-19,26H,9,11-15H2,1-3H3. The first-order valence-corrected chi connectivity index (χ1v) is 11.8. The van der Waals surface area contributed by atoms with Gasteiger partial charge in [-0.2, -0.15) is 4.98 Å². The van der Waals surface area contributed by atoms with Gasteiger partial charge in [0.15, 0.2) is 16.9 Å². The van der Waals surface area contributed by atoms with Crippen LogP contribution < -0.4 is 21.5 Å². The average Bonchev–Trinajstić information content (AvgIpc) is 3.54. The van der Waals surface area contributed by atoms with Crippen LogP contribution in [0.1, 0.15) is 37.0 Å². The Bertz CT molecular complexity index is 1390. The number of aryl methyl sites for hydroxylation is 1. The van der Waals surface area contributed by atoms with Gasteiger partial charge in [-0.15, -0.1) is 0 Å². The van der Waals surface area contributed by atoms with E-state index in [1.54, 1.807) is 31.3 Å². The maximum atomic E-state index is 13.7. The van der Waals surface area contributed by atoms with Crippen molar-refractivity contribution < 1.29 is 4.79 Å². The molecule has 2 fully saturated rings. The number of rotatable bonds is 6. The van der Waals surface area contributed by atoms with E-state index in [0.717, 1.165) is 36.1 Å². The second-order valence-corrected chi connectivity index (χ2v) is 9.40. The van der Waals surface area contributed by atoms with Crippen LogP contribution in [0.2, 0.25) is 0 Å². The Kier molecular flexibility index (Phi) is 5.73. The number of imidazole rings is 1. The molecule has 2 aliphatic rings. The minimum Gasteiger partial charge on any atom is -0.338 e. The number of hydrogen-bond acceptors (Lipinski definition) is 6. The van der Waals surface area contributed by atoms with Crippen molar-refractivity contribution in [1.82, 2.24) is 24.0 Å². The highest BCUT2D eigenvalue weighted by molar-refractivity contribution is 5.95. The lowest BCUT2D eigenvalue weighted by molar-refractivity contribution is 0.0969. The second kappa shape index (κ2) is 8.72. The van der Waals surface area contributed by atoms with Crippen molar-refractivity contribution in [2.45, 2.75) is 51.9 Å². The summed E-state index contributed by atoms with van der Waals surface area (Å²) in [4.78, 5) is 46.8. The van der Waals surface area contributed by atoms with Crippen LogP contribution in [0.4, 0.5) is 5.95 Å². The Balaban J connectivity index is 1.67. The van der Waals surface area contributed by atoms with Crippen molar-refractivity contribution in [3.8, 4) is 0 Å². The molecule has 3 aromatic rings. The fourth-order valence-corrected chi connectivity index (χ4v) is 5.14. The molecule has 2 atom stereocenters. The van der Waals surface area contributed by atoms with E-state index in [-0.39, 0.29) is 12.3 Å². The molecule has 0 radical (unpaired) electrons. The molecular weight excluding hydrogens is 432 g/mol. The Morgan fingerprint density at radius 2 is 1.91 bits per heavy atom. The zero-order valence-electron chi connectivity index (χ0n) is 19.8. The molecule has 1 N–H and O–H groups in total. The number of anilines is 1. The minimum atomic E-state index is -0.540. The lowest BCUT2D eigenvalue weighted by Gasteiger charge is -2.25. The summed E-state index contributed by atoms with van der Waals surface area (Å²) in [5, 5.41) is 3.55. The Hall–Kier alpha value is -3.46. The smallest absolute Gasteiger partial charge is 0.332 e. The number of ketones is 1. The van der Waals surface area contributed by atoms with E-state index in [2.05, 4.69) is 16.3 Å². The molecule has 9 heteroatoms. The van der Waals surface area contributed by atoms with Crippen molar-refractivity contribution >= 4 is 22.9 Å². The van der Waals surface area contributed by atoms with Gasteiger partial charge < -0.3 is 14.8 Å². The number of nitrogens with one attached hydrogen (secondary N) is 1. The molecule has 34 heavy (non-hydrogen) atoms. The highest BCUT2D eigenvalue weighted by atomic mass is 16.2. The maximum Gasteiger partial charge on any atom is 0.332 e. The Morgan fingerprint density at radius 3 is 2.65 bits per heavy atom. The molecule has 0 saturated carbocycles.